The topological polar surface area (TPSA) is 24.1 Å². The molecule has 0 spiro atoms. The average Bonchev–Trinajstić information content (AvgIpc) is 3.23. The van der Waals surface area contributed by atoms with Crippen molar-refractivity contribution in [3.63, 3.8) is 0 Å². The van der Waals surface area contributed by atoms with Crippen LogP contribution >= 0.6 is 0 Å². The van der Waals surface area contributed by atoms with Crippen LogP contribution < -0.4 is 10.6 Å². The molecule has 17 heavy (non-hydrogen) atoms. The monoisotopic (exact) mass is 234 g/mol. The fraction of sp³-hybridized carbons (Fsp3) is 1.00. The summed E-state index contributed by atoms with van der Waals surface area (Å²) in [6.07, 6.45) is 8.87. The van der Waals surface area contributed by atoms with Gasteiger partial charge in [-0.3, -0.25) is 0 Å². The minimum absolute atomic E-state index is 0.883. The molecule has 4 unspecified atom stereocenters. The molecule has 0 aliphatic heterocycles. The summed E-state index contributed by atoms with van der Waals surface area (Å²) >= 11 is 0. The smallest absolute Gasteiger partial charge is 0.00682 e. The highest BCUT2D eigenvalue weighted by Crippen LogP contribution is 2.69. The molecule has 2 heteroatoms. The Morgan fingerprint density at radius 1 is 0.882 bits per heavy atom. The summed E-state index contributed by atoms with van der Waals surface area (Å²) in [5, 5.41) is 7.28. The Labute approximate surface area is 105 Å². The van der Waals surface area contributed by atoms with Crippen LogP contribution in [0.2, 0.25) is 0 Å². The van der Waals surface area contributed by atoms with Gasteiger partial charge in [0.1, 0.15) is 0 Å². The lowest BCUT2D eigenvalue weighted by molar-refractivity contribution is 0.441. The van der Waals surface area contributed by atoms with Crippen molar-refractivity contribution in [2.75, 3.05) is 19.6 Å². The fourth-order valence-electron chi connectivity index (χ4n) is 4.86. The van der Waals surface area contributed by atoms with E-state index in [4.69, 9.17) is 0 Å². The van der Waals surface area contributed by atoms with E-state index in [1.807, 2.05) is 0 Å². The minimum Gasteiger partial charge on any atom is -0.316 e. The van der Waals surface area contributed by atoms with Gasteiger partial charge in [-0.15, -0.1) is 0 Å². The van der Waals surface area contributed by atoms with Crippen molar-refractivity contribution in [3.05, 3.63) is 0 Å². The summed E-state index contributed by atoms with van der Waals surface area (Å²) in [4.78, 5) is 0. The van der Waals surface area contributed by atoms with Gasteiger partial charge in [0.2, 0.25) is 0 Å². The summed E-state index contributed by atoms with van der Waals surface area (Å²) in [6.45, 7) is 3.77. The first-order valence-corrected chi connectivity index (χ1v) is 7.87. The molecule has 0 heterocycles. The molecule has 0 aromatic rings. The van der Waals surface area contributed by atoms with Gasteiger partial charge in [0.05, 0.1) is 0 Å². The van der Waals surface area contributed by atoms with E-state index in [0.717, 1.165) is 35.6 Å². The van der Waals surface area contributed by atoms with E-state index in [9.17, 15) is 0 Å². The van der Waals surface area contributed by atoms with E-state index >= 15 is 0 Å². The van der Waals surface area contributed by atoms with Crippen molar-refractivity contribution in [2.24, 2.45) is 29.6 Å². The maximum atomic E-state index is 3.70. The second kappa shape index (κ2) is 4.24. The highest BCUT2D eigenvalue weighted by atomic mass is 15.0. The van der Waals surface area contributed by atoms with E-state index in [1.165, 1.54) is 38.9 Å². The lowest BCUT2D eigenvalue weighted by atomic mass is 10.0. The largest absolute Gasteiger partial charge is 0.316 e. The second-order valence-electron chi connectivity index (χ2n) is 6.94. The lowest BCUT2D eigenvalue weighted by Crippen LogP contribution is -2.25. The van der Waals surface area contributed by atoms with Gasteiger partial charge in [0, 0.05) is 6.04 Å². The Morgan fingerprint density at radius 3 is 2.35 bits per heavy atom. The number of rotatable bonds is 7. The second-order valence-corrected chi connectivity index (χ2v) is 6.94. The third kappa shape index (κ3) is 2.04. The van der Waals surface area contributed by atoms with Crippen LogP contribution in [-0.4, -0.2) is 25.7 Å². The SMILES string of the molecule is C(CNCC1C2C3CCC(C3)C12)CNC1CC1. The molecule has 0 radical (unpaired) electrons. The molecular weight excluding hydrogens is 208 g/mol. The van der Waals surface area contributed by atoms with E-state index < -0.39 is 0 Å². The van der Waals surface area contributed by atoms with Gasteiger partial charge < -0.3 is 10.6 Å². The summed E-state index contributed by atoms with van der Waals surface area (Å²) < 4.78 is 0. The molecule has 4 fully saturated rings. The Bertz CT molecular complexity index is 271. The van der Waals surface area contributed by atoms with Crippen molar-refractivity contribution >= 4 is 0 Å². The third-order valence-electron chi connectivity index (χ3n) is 5.82. The fourth-order valence-corrected chi connectivity index (χ4v) is 4.86. The van der Waals surface area contributed by atoms with Gasteiger partial charge in [-0.2, -0.15) is 0 Å². The van der Waals surface area contributed by atoms with Crippen LogP contribution in [0.25, 0.3) is 0 Å². The number of hydrogen-bond donors (Lipinski definition) is 2. The van der Waals surface area contributed by atoms with Gasteiger partial charge in [-0.25, -0.2) is 0 Å². The van der Waals surface area contributed by atoms with Crippen LogP contribution in [0.1, 0.15) is 38.5 Å². The standard InChI is InChI=1S/C15H26N2/c1(7-17-12-4-5-12)6-16-9-13-14-10-2-3-11(8-10)15(13)14/h10-17H,1-9H2. The molecule has 0 saturated heterocycles. The van der Waals surface area contributed by atoms with Crippen LogP contribution in [-0.2, 0) is 0 Å². The highest BCUT2D eigenvalue weighted by Gasteiger charge is 2.64. The number of nitrogens with one attached hydrogen (secondary N) is 2. The van der Waals surface area contributed by atoms with Crippen molar-refractivity contribution < 1.29 is 0 Å². The van der Waals surface area contributed by atoms with Crippen LogP contribution in [0, 0.1) is 29.6 Å². The first-order valence-electron chi connectivity index (χ1n) is 7.87. The summed E-state index contributed by atoms with van der Waals surface area (Å²) in [7, 11) is 0. The van der Waals surface area contributed by atoms with Gasteiger partial charge >= 0.3 is 0 Å². The minimum atomic E-state index is 0.883. The molecule has 4 saturated carbocycles. The van der Waals surface area contributed by atoms with Crippen molar-refractivity contribution in [3.8, 4) is 0 Å². The molecule has 0 amide bonds. The quantitative estimate of drug-likeness (QED) is 0.659. The predicted molar refractivity (Wildman–Crippen MR) is 69.8 cm³/mol. The molecule has 2 bridgehead atoms. The Kier molecular flexibility index (Phi) is 2.69. The van der Waals surface area contributed by atoms with Crippen LogP contribution in [0.4, 0.5) is 0 Å². The van der Waals surface area contributed by atoms with E-state index in [-0.39, 0.29) is 0 Å². The average molecular weight is 234 g/mol. The number of hydrogen-bond acceptors (Lipinski definition) is 2. The molecule has 4 atom stereocenters. The van der Waals surface area contributed by atoms with Crippen LogP contribution in [0.3, 0.4) is 0 Å². The maximum Gasteiger partial charge on any atom is 0.00682 e. The van der Waals surface area contributed by atoms with Gasteiger partial charge in [-0.05, 0) is 87.7 Å². The summed E-state index contributed by atoms with van der Waals surface area (Å²) in [5.74, 6) is 5.69. The van der Waals surface area contributed by atoms with E-state index in [1.54, 1.807) is 19.3 Å². The van der Waals surface area contributed by atoms with Crippen LogP contribution in [0.15, 0.2) is 0 Å². The van der Waals surface area contributed by atoms with Gasteiger partial charge in [-0.1, -0.05) is 0 Å². The number of fused-ring (bicyclic) bond motifs is 5. The summed E-state index contributed by atoms with van der Waals surface area (Å²) in [5.41, 5.74) is 0. The van der Waals surface area contributed by atoms with Crippen molar-refractivity contribution in [1.82, 2.24) is 10.6 Å². The Morgan fingerprint density at radius 2 is 1.65 bits per heavy atom. The molecule has 2 N–H and O–H groups in total. The predicted octanol–water partition coefficient (Wildman–Crippen LogP) is 2.01. The van der Waals surface area contributed by atoms with Crippen molar-refractivity contribution in [1.29, 1.82) is 0 Å². The zero-order valence-electron chi connectivity index (χ0n) is 10.8. The lowest BCUT2D eigenvalue weighted by Gasteiger charge is -2.09. The van der Waals surface area contributed by atoms with Gasteiger partial charge in [0.25, 0.3) is 0 Å². The molecule has 4 aliphatic carbocycles. The van der Waals surface area contributed by atoms with Crippen molar-refractivity contribution in [2.45, 2.75) is 44.6 Å². The molecule has 96 valence electrons. The van der Waals surface area contributed by atoms with E-state index in [0.29, 0.717) is 0 Å². The molecular formula is C15H26N2. The van der Waals surface area contributed by atoms with E-state index in [2.05, 4.69) is 10.6 Å². The first kappa shape index (κ1) is 10.8. The zero-order valence-corrected chi connectivity index (χ0v) is 10.8. The molecule has 4 aliphatic rings. The zero-order chi connectivity index (χ0) is 11.2. The van der Waals surface area contributed by atoms with Gasteiger partial charge in [0.15, 0.2) is 0 Å². The highest BCUT2D eigenvalue weighted by molar-refractivity contribution is 5.13. The molecule has 0 aromatic carbocycles. The molecule has 4 rings (SSSR count). The molecule has 2 nitrogen and oxygen atoms in total. The maximum absolute atomic E-state index is 3.70. The Hall–Kier alpha value is -0.0800. The normalized spacial score (nSPS) is 46.2. The Balaban J connectivity index is 1.09. The summed E-state index contributed by atoms with van der Waals surface area (Å²) in [6, 6.07) is 0.883. The first-order chi connectivity index (χ1) is 8.43. The molecule has 0 aromatic heterocycles. The van der Waals surface area contributed by atoms with Crippen LogP contribution in [0.5, 0.6) is 0 Å². The third-order valence-corrected chi connectivity index (χ3v) is 5.82.